The summed E-state index contributed by atoms with van der Waals surface area (Å²) in [6, 6.07) is 1.44. The summed E-state index contributed by atoms with van der Waals surface area (Å²) < 4.78 is 42.0. The molecule has 8 nitrogen and oxygen atoms in total. The second kappa shape index (κ2) is 4.88. The number of aromatic amines is 1. The average molecular weight is 335 g/mol. The van der Waals surface area contributed by atoms with E-state index in [1.807, 2.05) is 0 Å². The number of nitrogens with one attached hydrogen (secondary N) is 1. The zero-order chi connectivity index (χ0) is 16.9. The summed E-state index contributed by atoms with van der Waals surface area (Å²) in [6.45, 7) is -0.0821. The molecular formula is C13H8F3N7O. The van der Waals surface area contributed by atoms with Crippen LogP contribution in [0.2, 0.25) is 0 Å². The highest BCUT2D eigenvalue weighted by molar-refractivity contribution is 5.81. The SMILES string of the molecule is O=c1[nH]ccn2c(Cn3nc(C(F)(F)F)c4cnccc43)nnc12. The Morgan fingerprint density at radius 1 is 1.25 bits per heavy atom. The van der Waals surface area contributed by atoms with Gasteiger partial charge in [-0.15, -0.1) is 10.2 Å². The smallest absolute Gasteiger partial charge is 0.324 e. The number of nitrogens with zero attached hydrogens (tertiary/aromatic N) is 6. The summed E-state index contributed by atoms with van der Waals surface area (Å²) in [6.07, 6.45) is 0.816. The van der Waals surface area contributed by atoms with Gasteiger partial charge in [0.05, 0.1) is 10.9 Å². The van der Waals surface area contributed by atoms with Gasteiger partial charge in [0.2, 0.25) is 5.65 Å². The lowest BCUT2D eigenvalue weighted by Gasteiger charge is -2.02. The van der Waals surface area contributed by atoms with Gasteiger partial charge in [-0.2, -0.15) is 18.3 Å². The first-order valence-corrected chi connectivity index (χ1v) is 6.74. The van der Waals surface area contributed by atoms with Crippen molar-refractivity contribution in [1.29, 1.82) is 0 Å². The number of pyridine rings is 1. The van der Waals surface area contributed by atoms with Crippen molar-refractivity contribution in [2.24, 2.45) is 0 Å². The highest BCUT2D eigenvalue weighted by Crippen LogP contribution is 2.33. The fourth-order valence-electron chi connectivity index (χ4n) is 2.48. The van der Waals surface area contributed by atoms with Crippen LogP contribution in [0.4, 0.5) is 13.2 Å². The van der Waals surface area contributed by atoms with Gasteiger partial charge in [-0.1, -0.05) is 0 Å². The number of hydrogen-bond acceptors (Lipinski definition) is 5. The zero-order valence-electron chi connectivity index (χ0n) is 11.8. The van der Waals surface area contributed by atoms with Gasteiger partial charge in [0.1, 0.15) is 6.54 Å². The predicted molar refractivity (Wildman–Crippen MR) is 75.2 cm³/mol. The van der Waals surface area contributed by atoms with Crippen molar-refractivity contribution >= 4 is 16.6 Å². The van der Waals surface area contributed by atoms with Gasteiger partial charge in [-0.25, -0.2) is 0 Å². The van der Waals surface area contributed by atoms with Crippen LogP contribution in [0, 0.1) is 0 Å². The van der Waals surface area contributed by atoms with E-state index in [-0.39, 0.29) is 28.9 Å². The summed E-state index contributed by atoms with van der Waals surface area (Å²) in [5.74, 6) is 0.283. The molecule has 0 fully saturated rings. The van der Waals surface area contributed by atoms with Crippen LogP contribution in [0.25, 0.3) is 16.6 Å². The molecule has 4 heterocycles. The minimum Gasteiger partial charge on any atom is -0.324 e. The maximum Gasteiger partial charge on any atom is 0.435 e. The first-order valence-electron chi connectivity index (χ1n) is 6.74. The molecule has 0 aliphatic carbocycles. The van der Waals surface area contributed by atoms with E-state index in [1.165, 1.54) is 29.1 Å². The van der Waals surface area contributed by atoms with Gasteiger partial charge < -0.3 is 4.98 Å². The molecular weight excluding hydrogens is 327 g/mol. The Labute approximate surface area is 130 Å². The van der Waals surface area contributed by atoms with E-state index in [0.29, 0.717) is 0 Å². The zero-order valence-corrected chi connectivity index (χ0v) is 11.8. The summed E-state index contributed by atoms with van der Waals surface area (Å²) >= 11 is 0. The van der Waals surface area contributed by atoms with Crippen molar-refractivity contribution in [3.05, 3.63) is 52.7 Å². The number of alkyl halides is 3. The Hall–Kier alpha value is -3.24. The Bertz CT molecular complexity index is 1110. The number of H-pyrrole nitrogens is 1. The van der Waals surface area contributed by atoms with E-state index in [4.69, 9.17) is 0 Å². The lowest BCUT2D eigenvalue weighted by molar-refractivity contribution is -0.140. The number of hydrogen-bond donors (Lipinski definition) is 1. The maximum atomic E-state index is 13.1. The van der Waals surface area contributed by atoms with Gasteiger partial charge in [0.15, 0.2) is 11.5 Å². The van der Waals surface area contributed by atoms with Gasteiger partial charge in [-0.3, -0.25) is 18.9 Å². The highest BCUT2D eigenvalue weighted by Gasteiger charge is 2.37. The highest BCUT2D eigenvalue weighted by atomic mass is 19.4. The molecule has 0 saturated heterocycles. The van der Waals surface area contributed by atoms with E-state index in [0.717, 1.165) is 10.9 Å². The predicted octanol–water partition coefficient (Wildman–Crippen LogP) is 1.23. The molecule has 11 heteroatoms. The standard InChI is InChI=1S/C13H8F3N7O/c14-13(15,16)10-7-5-17-2-1-8(7)23(21-10)6-9-19-20-11-12(24)18-3-4-22(9)11/h1-5H,6H2,(H,18,24). The Kier molecular flexibility index (Phi) is 2.92. The Balaban J connectivity index is 1.88. The molecule has 0 bridgehead atoms. The lowest BCUT2D eigenvalue weighted by atomic mass is 10.2. The first kappa shape index (κ1) is 14.4. The molecule has 0 spiro atoms. The van der Waals surface area contributed by atoms with Crippen LogP contribution < -0.4 is 5.56 Å². The fraction of sp³-hybridized carbons (Fsp3) is 0.154. The number of aromatic nitrogens is 7. The molecule has 24 heavy (non-hydrogen) atoms. The van der Waals surface area contributed by atoms with Gasteiger partial charge >= 0.3 is 6.18 Å². The molecule has 4 aromatic heterocycles. The lowest BCUT2D eigenvalue weighted by Crippen LogP contribution is -2.12. The largest absolute Gasteiger partial charge is 0.435 e. The Morgan fingerprint density at radius 2 is 2.08 bits per heavy atom. The second-order valence-electron chi connectivity index (χ2n) is 5.00. The maximum absolute atomic E-state index is 13.1. The molecule has 1 N–H and O–H groups in total. The van der Waals surface area contributed by atoms with Crippen LogP contribution in [-0.2, 0) is 12.7 Å². The minimum atomic E-state index is -4.60. The van der Waals surface area contributed by atoms with Crippen LogP contribution in [0.3, 0.4) is 0 Å². The van der Waals surface area contributed by atoms with Crippen LogP contribution >= 0.6 is 0 Å². The molecule has 0 radical (unpaired) electrons. The monoisotopic (exact) mass is 335 g/mol. The molecule has 0 unspecified atom stereocenters. The average Bonchev–Trinajstić information content (AvgIpc) is 3.11. The topological polar surface area (TPSA) is 93.8 Å². The molecule has 0 saturated carbocycles. The molecule has 0 aliphatic rings. The fourth-order valence-corrected chi connectivity index (χ4v) is 2.48. The van der Waals surface area contributed by atoms with E-state index in [9.17, 15) is 18.0 Å². The first-order chi connectivity index (χ1) is 11.4. The van der Waals surface area contributed by atoms with Gasteiger partial charge in [0, 0.05) is 24.8 Å². The van der Waals surface area contributed by atoms with Crippen LogP contribution in [0.1, 0.15) is 11.5 Å². The quantitative estimate of drug-likeness (QED) is 0.595. The van der Waals surface area contributed by atoms with E-state index in [2.05, 4.69) is 25.3 Å². The third-order valence-electron chi connectivity index (χ3n) is 3.52. The number of halogens is 3. The van der Waals surface area contributed by atoms with Crippen molar-refractivity contribution in [2.75, 3.05) is 0 Å². The van der Waals surface area contributed by atoms with E-state index in [1.54, 1.807) is 0 Å². The third kappa shape index (κ3) is 2.13. The van der Waals surface area contributed by atoms with Crippen LogP contribution in [-0.4, -0.2) is 34.3 Å². The minimum absolute atomic E-state index is 0.0571. The normalized spacial score (nSPS) is 12.3. The third-order valence-corrected chi connectivity index (χ3v) is 3.52. The summed E-state index contributed by atoms with van der Waals surface area (Å²) in [5.41, 5.74) is -1.14. The Morgan fingerprint density at radius 3 is 2.88 bits per heavy atom. The molecule has 0 amide bonds. The number of rotatable bonds is 2. The molecule has 0 atom stereocenters. The van der Waals surface area contributed by atoms with Crippen molar-refractivity contribution in [3.8, 4) is 0 Å². The summed E-state index contributed by atoms with van der Waals surface area (Å²) in [4.78, 5) is 17.8. The van der Waals surface area contributed by atoms with E-state index < -0.39 is 17.4 Å². The van der Waals surface area contributed by atoms with Crippen LogP contribution in [0.15, 0.2) is 35.6 Å². The number of fused-ring (bicyclic) bond motifs is 2. The molecule has 122 valence electrons. The van der Waals surface area contributed by atoms with Crippen molar-refractivity contribution in [2.45, 2.75) is 12.7 Å². The molecule has 0 aliphatic heterocycles. The second-order valence-corrected chi connectivity index (χ2v) is 5.00. The van der Waals surface area contributed by atoms with Gasteiger partial charge in [0.25, 0.3) is 5.56 Å². The molecule has 4 rings (SSSR count). The molecule has 4 aromatic rings. The van der Waals surface area contributed by atoms with E-state index >= 15 is 0 Å². The van der Waals surface area contributed by atoms with Crippen LogP contribution in [0.5, 0.6) is 0 Å². The summed E-state index contributed by atoms with van der Waals surface area (Å²) in [7, 11) is 0. The van der Waals surface area contributed by atoms with Crippen molar-refractivity contribution < 1.29 is 13.2 Å². The summed E-state index contributed by atoms with van der Waals surface area (Å²) in [5, 5.41) is 11.2. The van der Waals surface area contributed by atoms with Crippen molar-refractivity contribution in [3.63, 3.8) is 0 Å². The van der Waals surface area contributed by atoms with Gasteiger partial charge in [-0.05, 0) is 6.07 Å². The van der Waals surface area contributed by atoms with Crippen molar-refractivity contribution in [1.82, 2.24) is 34.3 Å². The molecule has 0 aromatic carbocycles.